The van der Waals surface area contributed by atoms with Crippen molar-refractivity contribution in [3.63, 3.8) is 0 Å². The number of anilines is 1. The van der Waals surface area contributed by atoms with Crippen molar-refractivity contribution in [3.05, 3.63) is 54.4 Å². The van der Waals surface area contributed by atoms with Crippen LogP contribution in [0.4, 0.5) is 5.82 Å². The first-order chi connectivity index (χ1) is 15.1. The van der Waals surface area contributed by atoms with E-state index in [1.54, 1.807) is 7.11 Å². The molecule has 1 aliphatic rings. The predicted molar refractivity (Wildman–Crippen MR) is 129 cm³/mol. The normalized spacial score (nSPS) is 17.8. The number of methoxy groups -OCH3 is 1. The molecule has 1 saturated heterocycles. The molecule has 2 aromatic heterocycles. The molecule has 0 N–H and O–H groups in total. The van der Waals surface area contributed by atoms with Crippen LogP contribution in [0.1, 0.15) is 52.1 Å². The maximum atomic E-state index is 6.32. The van der Waals surface area contributed by atoms with Crippen LogP contribution in [0.5, 0.6) is 5.75 Å². The van der Waals surface area contributed by atoms with E-state index in [4.69, 9.17) is 14.6 Å². The van der Waals surface area contributed by atoms with E-state index in [1.165, 1.54) is 0 Å². The van der Waals surface area contributed by atoms with Crippen molar-refractivity contribution in [2.75, 3.05) is 26.1 Å². The fourth-order valence-electron chi connectivity index (χ4n) is 4.89. The van der Waals surface area contributed by atoms with Gasteiger partial charge in [-0.1, -0.05) is 12.1 Å². The van der Waals surface area contributed by atoms with Gasteiger partial charge in [-0.3, -0.25) is 0 Å². The van der Waals surface area contributed by atoms with Crippen molar-refractivity contribution in [3.8, 4) is 22.7 Å². The number of hydrogen-bond donors (Lipinski definition) is 0. The summed E-state index contributed by atoms with van der Waals surface area (Å²) >= 11 is 0. The minimum atomic E-state index is -0.199. The van der Waals surface area contributed by atoms with E-state index >= 15 is 0 Å². The first-order valence-electron chi connectivity index (χ1n) is 11.2. The number of aromatic nitrogens is 3. The zero-order valence-electron chi connectivity index (χ0n) is 20.2. The lowest BCUT2D eigenvalue weighted by atomic mass is 9.79. The van der Waals surface area contributed by atoms with Crippen LogP contribution < -0.4 is 9.64 Å². The Hall–Kier alpha value is -2.86. The Morgan fingerprint density at radius 1 is 1.03 bits per heavy atom. The van der Waals surface area contributed by atoms with Crippen LogP contribution in [-0.2, 0) is 4.74 Å². The molecule has 3 aromatic rings. The number of rotatable bonds is 5. The molecule has 0 spiro atoms. The number of para-hydroxylation sites is 2. The highest BCUT2D eigenvalue weighted by atomic mass is 16.5. The van der Waals surface area contributed by atoms with Crippen molar-refractivity contribution in [1.82, 2.24) is 14.8 Å². The van der Waals surface area contributed by atoms with E-state index in [1.807, 2.05) is 60.2 Å². The average molecular weight is 435 g/mol. The molecule has 1 fully saturated rings. The number of ether oxygens (including phenoxy) is 2. The number of nitrogens with zero attached hydrogens (tertiary/aromatic N) is 4. The Labute approximate surface area is 191 Å². The van der Waals surface area contributed by atoms with E-state index in [0.29, 0.717) is 5.92 Å². The summed E-state index contributed by atoms with van der Waals surface area (Å²) in [5.74, 6) is 2.01. The monoisotopic (exact) mass is 434 g/mol. The van der Waals surface area contributed by atoms with Crippen LogP contribution in [0, 0.1) is 0 Å². The number of benzene rings is 1. The number of pyridine rings is 1. The van der Waals surface area contributed by atoms with Crippen molar-refractivity contribution >= 4 is 5.82 Å². The predicted octanol–water partition coefficient (Wildman–Crippen LogP) is 5.46. The molecule has 0 saturated carbocycles. The lowest BCUT2D eigenvalue weighted by Crippen LogP contribution is -2.44. The molecule has 170 valence electrons. The van der Waals surface area contributed by atoms with Crippen molar-refractivity contribution in [1.29, 1.82) is 0 Å². The van der Waals surface area contributed by atoms with Gasteiger partial charge in [0, 0.05) is 31.8 Å². The van der Waals surface area contributed by atoms with Gasteiger partial charge in [-0.15, -0.1) is 0 Å². The summed E-state index contributed by atoms with van der Waals surface area (Å²) in [5, 5.41) is 5.12. The summed E-state index contributed by atoms with van der Waals surface area (Å²) in [5.41, 5.74) is 3.62. The molecule has 4 rings (SSSR count). The molecule has 0 amide bonds. The smallest absolute Gasteiger partial charge is 0.144 e. The third-order valence-corrected chi connectivity index (χ3v) is 5.99. The summed E-state index contributed by atoms with van der Waals surface area (Å²) in [6.45, 7) is 8.68. The molecular formula is C26H34N4O2. The van der Waals surface area contributed by atoms with Crippen LogP contribution >= 0.6 is 0 Å². The molecule has 1 aliphatic heterocycles. The molecule has 1 aromatic carbocycles. The van der Waals surface area contributed by atoms with Gasteiger partial charge < -0.3 is 14.4 Å². The summed E-state index contributed by atoms with van der Waals surface area (Å²) in [6.07, 6.45) is 3.77. The van der Waals surface area contributed by atoms with E-state index < -0.39 is 0 Å². The molecule has 0 bridgehead atoms. The van der Waals surface area contributed by atoms with Gasteiger partial charge in [0.25, 0.3) is 0 Å². The lowest BCUT2D eigenvalue weighted by Gasteiger charge is -2.45. The summed E-state index contributed by atoms with van der Waals surface area (Å²) < 4.78 is 14.0. The highest BCUT2D eigenvalue weighted by Gasteiger charge is 2.41. The molecule has 32 heavy (non-hydrogen) atoms. The average Bonchev–Trinajstić information content (AvgIpc) is 3.17. The molecule has 6 heteroatoms. The quantitative estimate of drug-likeness (QED) is 0.534. The second kappa shape index (κ2) is 8.24. The zero-order chi connectivity index (χ0) is 23.1. The third kappa shape index (κ3) is 4.51. The molecule has 0 radical (unpaired) electrons. The SMILES string of the molecule is COc1ccccc1-n1nc(C2CC(C)(C)OC(C)(C)C2)cc1-c1ccc(N(C)C)nc1. The van der Waals surface area contributed by atoms with Gasteiger partial charge in [-0.05, 0) is 70.9 Å². The minimum Gasteiger partial charge on any atom is -0.494 e. The Kier molecular flexibility index (Phi) is 5.76. The second-order valence-corrected chi connectivity index (χ2v) is 10.1. The molecule has 6 nitrogen and oxygen atoms in total. The van der Waals surface area contributed by atoms with E-state index in [9.17, 15) is 0 Å². The fourth-order valence-corrected chi connectivity index (χ4v) is 4.89. The van der Waals surface area contributed by atoms with Crippen LogP contribution in [-0.4, -0.2) is 47.2 Å². The molecule has 0 atom stereocenters. The number of hydrogen-bond acceptors (Lipinski definition) is 5. The van der Waals surface area contributed by atoms with Crippen molar-refractivity contribution in [2.24, 2.45) is 0 Å². The summed E-state index contributed by atoms with van der Waals surface area (Å²) in [4.78, 5) is 6.63. The highest BCUT2D eigenvalue weighted by molar-refractivity contribution is 5.65. The second-order valence-electron chi connectivity index (χ2n) is 10.1. The van der Waals surface area contributed by atoms with Crippen LogP contribution in [0.15, 0.2) is 48.7 Å². The van der Waals surface area contributed by atoms with E-state index in [2.05, 4.69) is 44.8 Å². The van der Waals surface area contributed by atoms with Gasteiger partial charge in [-0.25, -0.2) is 9.67 Å². The van der Waals surface area contributed by atoms with Gasteiger partial charge in [0.1, 0.15) is 17.3 Å². The Balaban J connectivity index is 1.84. The van der Waals surface area contributed by atoms with Crippen LogP contribution in [0.2, 0.25) is 0 Å². The lowest BCUT2D eigenvalue weighted by molar-refractivity contribution is -0.162. The molecule has 3 heterocycles. The minimum absolute atomic E-state index is 0.199. The molecule has 0 aliphatic carbocycles. The van der Waals surface area contributed by atoms with Gasteiger partial charge in [0.2, 0.25) is 0 Å². The summed E-state index contributed by atoms with van der Waals surface area (Å²) in [7, 11) is 5.68. The standard InChI is InChI=1S/C26H34N4O2/c1-25(2)15-19(16-26(3,4)32-25)20-14-22(18-12-13-24(27-17-18)29(5)6)30(28-20)21-10-8-9-11-23(21)31-7/h8-14,17,19H,15-16H2,1-7H3. The van der Waals surface area contributed by atoms with Gasteiger partial charge >= 0.3 is 0 Å². The van der Waals surface area contributed by atoms with Crippen molar-refractivity contribution < 1.29 is 9.47 Å². The fraction of sp³-hybridized carbons (Fsp3) is 0.462. The highest BCUT2D eigenvalue weighted by Crippen LogP contribution is 2.44. The van der Waals surface area contributed by atoms with E-state index in [0.717, 1.165) is 47.0 Å². The largest absolute Gasteiger partial charge is 0.494 e. The first-order valence-corrected chi connectivity index (χ1v) is 11.2. The van der Waals surface area contributed by atoms with Gasteiger partial charge in [0.05, 0.1) is 29.7 Å². The maximum Gasteiger partial charge on any atom is 0.144 e. The Morgan fingerprint density at radius 3 is 2.31 bits per heavy atom. The van der Waals surface area contributed by atoms with E-state index in [-0.39, 0.29) is 11.2 Å². The molecule has 0 unspecified atom stereocenters. The molecular weight excluding hydrogens is 400 g/mol. The van der Waals surface area contributed by atoms with Crippen molar-refractivity contribution in [2.45, 2.75) is 57.7 Å². The third-order valence-electron chi connectivity index (χ3n) is 5.99. The van der Waals surface area contributed by atoms with Gasteiger partial charge in [-0.2, -0.15) is 5.10 Å². The Bertz CT molecular complexity index is 1070. The maximum absolute atomic E-state index is 6.32. The van der Waals surface area contributed by atoms with Crippen LogP contribution in [0.3, 0.4) is 0 Å². The first kappa shape index (κ1) is 22.3. The summed E-state index contributed by atoms with van der Waals surface area (Å²) in [6, 6.07) is 14.3. The zero-order valence-corrected chi connectivity index (χ0v) is 20.2. The topological polar surface area (TPSA) is 52.4 Å². The van der Waals surface area contributed by atoms with Crippen LogP contribution in [0.25, 0.3) is 16.9 Å². The Morgan fingerprint density at radius 2 is 1.72 bits per heavy atom. The van der Waals surface area contributed by atoms with Gasteiger partial charge in [0.15, 0.2) is 0 Å².